The van der Waals surface area contributed by atoms with Crippen LogP contribution in [0.2, 0.25) is 5.02 Å². The second kappa shape index (κ2) is 8.39. The molecule has 0 saturated carbocycles. The summed E-state index contributed by atoms with van der Waals surface area (Å²) >= 11 is 5.63. The maximum absolute atomic E-state index is 13.1. The first-order chi connectivity index (χ1) is 14.7. The highest BCUT2D eigenvalue weighted by molar-refractivity contribution is 6.31. The third kappa shape index (κ3) is 4.47. The topological polar surface area (TPSA) is 61.9 Å². The van der Waals surface area contributed by atoms with E-state index in [1.807, 2.05) is 12.1 Å². The molecule has 6 nitrogen and oxygen atoms in total. The Bertz CT molecular complexity index is 992. The number of nitrogens with zero attached hydrogens (tertiary/aromatic N) is 2. The average Bonchev–Trinajstić information content (AvgIpc) is 3.02. The first-order valence-electron chi connectivity index (χ1n) is 9.67. The molecule has 0 spiro atoms. The zero-order chi connectivity index (χ0) is 22.2. The highest BCUT2D eigenvalue weighted by atomic mass is 35.5. The zero-order valence-corrected chi connectivity index (χ0v) is 17.0. The number of hydrogen-bond donors (Lipinski definition) is 1. The Morgan fingerprint density at radius 2 is 1.65 bits per heavy atom. The summed E-state index contributed by atoms with van der Waals surface area (Å²) in [6, 6.07) is 9.52. The Morgan fingerprint density at radius 1 is 1.00 bits per heavy atom. The number of halogens is 4. The van der Waals surface area contributed by atoms with Crippen LogP contribution in [0, 0.1) is 0 Å². The van der Waals surface area contributed by atoms with Crippen LogP contribution in [0.25, 0.3) is 0 Å². The van der Waals surface area contributed by atoms with E-state index in [-0.39, 0.29) is 12.1 Å². The van der Waals surface area contributed by atoms with Gasteiger partial charge in [0, 0.05) is 24.5 Å². The van der Waals surface area contributed by atoms with Gasteiger partial charge in [-0.15, -0.1) is 0 Å². The number of amides is 2. The van der Waals surface area contributed by atoms with E-state index in [4.69, 9.17) is 16.3 Å². The lowest BCUT2D eigenvalue weighted by atomic mass is 10.1. The van der Waals surface area contributed by atoms with Gasteiger partial charge in [-0.2, -0.15) is 13.2 Å². The molecule has 2 aliphatic rings. The van der Waals surface area contributed by atoms with E-state index in [1.54, 1.807) is 12.1 Å². The monoisotopic (exact) mass is 453 g/mol. The Morgan fingerprint density at radius 3 is 2.29 bits per heavy atom. The summed E-state index contributed by atoms with van der Waals surface area (Å²) in [5, 5.41) is 2.51. The van der Waals surface area contributed by atoms with Gasteiger partial charge in [-0.25, -0.2) is 4.90 Å². The fourth-order valence-corrected chi connectivity index (χ4v) is 3.90. The van der Waals surface area contributed by atoms with Crippen LogP contribution in [0.3, 0.4) is 0 Å². The maximum Gasteiger partial charge on any atom is 0.417 e. The lowest BCUT2D eigenvalue weighted by Gasteiger charge is -2.29. The van der Waals surface area contributed by atoms with E-state index in [0.29, 0.717) is 18.9 Å². The molecular weight excluding hydrogens is 435 g/mol. The van der Waals surface area contributed by atoms with Gasteiger partial charge in [0.05, 0.1) is 35.9 Å². The summed E-state index contributed by atoms with van der Waals surface area (Å²) in [6.45, 7) is 2.90. The number of alkyl halides is 3. The van der Waals surface area contributed by atoms with Crippen molar-refractivity contribution in [2.45, 2.75) is 18.6 Å². The van der Waals surface area contributed by atoms with Crippen molar-refractivity contribution >= 4 is 40.5 Å². The molecule has 1 N–H and O–H groups in total. The van der Waals surface area contributed by atoms with Crippen molar-refractivity contribution in [2.24, 2.45) is 0 Å². The van der Waals surface area contributed by atoms with Gasteiger partial charge < -0.3 is 15.0 Å². The van der Waals surface area contributed by atoms with Crippen LogP contribution in [0.1, 0.15) is 12.0 Å². The first kappa shape index (κ1) is 21.5. The number of benzene rings is 2. The van der Waals surface area contributed by atoms with E-state index in [9.17, 15) is 22.8 Å². The van der Waals surface area contributed by atoms with Crippen molar-refractivity contribution in [3.8, 4) is 0 Å². The number of carbonyl (C=O) groups is 2. The fourth-order valence-electron chi connectivity index (χ4n) is 3.68. The standard InChI is InChI=1S/C21H19ClF3N3O3/c22-17-6-5-15(11-16(17)21(23,24)25)28-19(29)12-18(20(28)30)26-13-1-3-14(4-2-13)27-7-9-31-10-8-27/h1-6,11,18,26H,7-10,12H2/t18-/m1/s1. The Kier molecular flexibility index (Phi) is 5.81. The Hall–Kier alpha value is -2.78. The van der Waals surface area contributed by atoms with Gasteiger partial charge in [-0.05, 0) is 42.5 Å². The molecule has 2 saturated heterocycles. The molecule has 4 rings (SSSR count). The van der Waals surface area contributed by atoms with E-state index in [1.165, 1.54) is 6.07 Å². The number of carbonyl (C=O) groups excluding carboxylic acids is 2. The molecule has 10 heteroatoms. The number of anilines is 3. The van der Waals surface area contributed by atoms with E-state index >= 15 is 0 Å². The van der Waals surface area contributed by atoms with Crippen LogP contribution in [0.4, 0.5) is 30.2 Å². The second-order valence-electron chi connectivity index (χ2n) is 7.28. The molecule has 2 aliphatic heterocycles. The van der Waals surface area contributed by atoms with E-state index < -0.39 is 34.6 Å². The highest BCUT2D eigenvalue weighted by Gasteiger charge is 2.41. The smallest absolute Gasteiger partial charge is 0.378 e. The van der Waals surface area contributed by atoms with Crippen LogP contribution < -0.4 is 15.1 Å². The minimum Gasteiger partial charge on any atom is -0.378 e. The van der Waals surface area contributed by atoms with Crippen LogP contribution in [0.5, 0.6) is 0 Å². The molecule has 2 fully saturated rings. The van der Waals surface area contributed by atoms with Crippen LogP contribution in [-0.2, 0) is 20.5 Å². The molecule has 0 aromatic heterocycles. The lowest BCUT2D eigenvalue weighted by Crippen LogP contribution is -2.36. The van der Waals surface area contributed by atoms with Crippen LogP contribution in [-0.4, -0.2) is 44.2 Å². The van der Waals surface area contributed by atoms with Crippen molar-refractivity contribution in [1.82, 2.24) is 0 Å². The van der Waals surface area contributed by atoms with Gasteiger partial charge in [-0.3, -0.25) is 9.59 Å². The largest absolute Gasteiger partial charge is 0.417 e. The molecule has 0 bridgehead atoms. The van der Waals surface area contributed by atoms with E-state index in [0.717, 1.165) is 35.8 Å². The van der Waals surface area contributed by atoms with Gasteiger partial charge in [0.1, 0.15) is 6.04 Å². The number of rotatable bonds is 4. The van der Waals surface area contributed by atoms with Crippen molar-refractivity contribution in [1.29, 1.82) is 0 Å². The van der Waals surface area contributed by atoms with Crippen molar-refractivity contribution < 1.29 is 27.5 Å². The van der Waals surface area contributed by atoms with Crippen molar-refractivity contribution in [2.75, 3.05) is 41.4 Å². The molecule has 0 unspecified atom stereocenters. The lowest BCUT2D eigenvalue weighted by molar-refractivity contribution is -0.137. The molecule has 31 heavy (non-hydrogen) atoms. The minimum atomic E-state index is -4.70. The molecule has 2 amide bonds. The van der Waals surface area contributed by atoms with Crippen LogP contribution in [0.15, 0.2) is 42.5 Å². The number of ether oxygens (including phenoxy) is 1. The zero-order valence-electron chi connectivity index (χ0n) is 16.3. The molecular formula is C21H19ClF3N3O3. The summed E-state index contributed by atoms with van der Waals surface area (Å²) in [5.41, 5.74) is 0.406. The number of morpholine rings is 1. The molecule has 0 aliphatic carbocycles. The van der Waals surface area contributed by atoms with Gasteiger partial charge in [0.15, 0.2) is 0 Å². The normalized spacial score (nSPS) is 19.8. The summed E-state index contributed by atoms with van der Waals surface area (Å²) in [4.78, 5) is 28.2. The molecule has 164 valence electrons. The molecule has 2 heterocycles. The van der Waals surface area contributed by atoms with Gasteiger partial charge in [-0.1, -0.05) is 11.6 Å². The Balaban J connectivity index is 1.49. The quantitative estimate of drug-likeness (QED) is 0.711. The first-order valence-corrected chi connectivity index (χ1v) is 10.0. The summed E-state index contributed by atoms with van der Waals surface area (Å²) in [7, 11) is 0. The third-order valence-electron chi connectivity index (χ3n) is 5.24. The Labute approximate surface area is 181 Å². The van der Waals surface area contributed by atoms with Gasteiger partial charge in [0.2, 0.25) is 5.91 Å². The second-order valence-corrected chi connectivity index (χ2v) is 7.68. The molecule has 2 aromatic carbocycles. The van der Waals surface area contributed by atoms with E-state index in [2.05, 4.69) is 10.2 Å². The number of nitrogens with one attached hydrogen (secondary N) is 1. The predicted octanol–water partition coefficient (Wildman–Crippen LogP) is 3.94. The maximum atomic E-state index is 13.1. The van der Waals surface area contributed by atoms with Crippen molar-refractivity contribution in [3.05, 3.63) is 53.1 Å². The average molecular weight is 454 g/mol. The summed E-state index contributed by atoms with van der Waals surface area (Å²) in [5.74, 6) is -1.19. The minimum absolute atomic E-state index is 0.154. The SMILES string of the molecule is O=C1C[C@@H](Nc2ccc(N3CCOCC3)cc2)C(=O)N1c1ccc(Cl)c(C(F)(F)F)c1. The van der Waals surface area contributed by atoms with Gasteiger partial charge >= 0.3 is 6.18 Å². The van der Waals surface area contributed by atoms with Crippen molar-refractivity contribution in [3.63, 3.8) is 0 Å². The summed E-state index contributed by atoms with van der Waals surface area (Å²) < 4.78 is 44.8. The molecule has 1 atom stereocenters. The fraction of sp³-hybridized carbons (Fsp3) is 0.333. The molecule has 2 aromatic rings. The van der Waals surface area contributed by atoms with Crippen LogP contribution >= 0.6 is 11.6 Å². The number of imide groups is 1. The number of hydrogen-bond acceptors (Lipinski definition) is 5. The third-order valence-corrected chi connectivity index (χ3v) is 5.57. The highest BCUT2D eigenvalue weighted by Crippen LogP contribution is 2.38. The molecule has 0 radical (unpaired) electrons. The summed E-state index contributed by atoms with van der Waals surface area (Å²) in [6.07, 6.45) is -4.85. The predicted molar refractivity (Wildman–Crippen MR) is 110 cm³/mol. The van der Waals surface area contributed by atoms with Gasteiger partial charge in [0.25, 0.3) is 5.91 Å².